The lowest BCUT2D eigenvalue weighted by Gasteiger charge is -2.07. The SMILES string of the molecule is Cc1cc(CNc2ccccc2C(N)=O)no1. The smallest absolute Gasteiger partial charge is 0.250 e. The van der Waals surface area contributed by atoms with Gasteiger partial charge in [-0.2, -0.15) is 0 Å². The monoisotopic (exact) mass is 231 g/mol. The highest BCUT2D eigenvalue weighted by Gasteiger charge is 2.07. The van der Waals surface area contributed by atoms with Gasteiger partial charge in [-0.15, -0.1) is 0 Å². The van der Waals surface area contributed by atoms with Crippen molar-refractivity contribution in [3.05, 3.63) is 47.3 Å². The van der Waals surface area contributed by atoms with Crippen LogP contribution in [0, 0.1) is 6.92 Å². The van der Waals surface area contributed by atoms with Gasteiger partial charge in [0.1, 0.15) is 11.5 Å². The van der Waals surface area contributed by atoms with Crippen LogP contribution in [0.1, 0.15) is 21.8 Å². The molecule has 1 aromatic heterocycles. The minimum Gasteiger partial charge on any atom is -0.379 e. The van der Waals surface area contributed by atoms with Crippen LogP contribution >= 0.6 is 0 Å². The third-order valence-corrected chi connectivity index (χ3v) is 2.33. The van der Waals surface area contributed by atoms with E-state index in [1.54, 1.807) is 18.2 Å². The van der Waals surface area contributed by atoms with Crippen LogP contribution in [0.5, 0.6) is 0 Å². The number of para-hydroxylation sites is 1. The van der Waals surface area contributed by atoms with Crippen molar-refractivity contribution in [3.63, 3.8) is 0 Å². The maximum Gasteiger partial charge on any atom is 0.250 e. The Labute approximate surface area is 98.6 Å². The second-order valence-electron chi connectivity index (χ2n) is 3.69. The van der Waals surface area contributed by atoms with E-state index in [4.69, 9.17) is 10.3 Å². The number of nitrogens with one attached hydrogen (secondary N) is 1. The fourth-order valence-corrected chi connectivity index (χ4v) is 1.54. The van der Waals surface area contributed by atoms with Crippen LogP contribution in [0.3, 0.4) is 0 Å². The number of carbonyl (C=O) groups is 1. The summed E-state index contributed by atoms with van der Waals surface area (Å²) in [4.78, 5) is 11.2. The van der Waals surface area contributed by atoms with Gasteiger partial charge in [-0.25, -0.2) is 0 Å². The molecule has 5 heteroatoms. The Bertz CT molecular complexity index is 534. The van der Waals surface area contributed by atoms with Crippen LogP contribution in [0.25, 0.3) is 0 Å². The zero-order chi connectivity index (χ0) is 12.3. The summed E-state index contributed by atoms with van der Waals surface area (Å²) in [6.45, 7) is 2.31. The minimum absolute atomic E-state index is 0.454. The van der Waals surface area contributed by atoms with Crippen LogP contribution in [0.2, 0.25) is 0 Å². The van der Waals surface area contributed by atoms with E-state index in [2.05, 4.69) is 10.5 Å². The Balaban J connectivity index is 2.11. The predicted molar refractivity (Wildman–Crippen MR) is 63.5 cm³/mol. The Kier molecular flexibility index (Phi) is 3.09. The maximum absolute atomic E-state index is 11.2. The standard InChI is InChI=1S/C12H13N3O2/c1-8-6-9(15-17-8)7-14-11-5-3-2-4-10(11)12(13)16/h2-6,14H,7H2,1H3,(H2,13,16). The number of hydrogen-bond donors (Lipinski definition) is 2. The molecule has 2 rings (SSSR count). The van der Waals surface area contributed by atoms with Gasteiger partial charge >= 0.3 is 0 Å². The summed E-state index contributed by atoms with van der Waals surface area (Å²) in [5.74, 6) is 0.300. The fraction of sp³-hybridized carbons (Fsp3) is 0.167. The molecule has 1 aromatic carbocycles. The van der Waals surface area contributed by atoms with Crippen molar-refractivity contribution >= 4 is 11.6 Å². The zero-order valence-electron chi connectivity index (χ0n) is 9.43. The molecule has 0 spiro atoms. The summed E-state index contributed by atoms with van der Waals surface area (Å²) >= 11 is 0. The molecule has 0 aliphatic carbocycles. The van der Waals surface area contributed by atoms with Crippen molar-refractivity contribution < 1.29 is 9.32 Å². The highest BCUT2D eigenvalue weighted by Crippen LogP contribution is 2.15. The van der Waals surface area contributed by atoms with Crippen molar-refractivity contribution in [1.82, 2.24) is 5.16 Å². The van der Waals surface area contributed by atoms with Crippen molar-refractivity contribution in [1.29, 1.82) is 0 Å². The van der Waals surface area contributed by atoms with Gasteiger partial charge in [0.25, 0.3) is 5.91 Å². The number of benzene rings is 1. The first-order valence-corrected chi connectivity index (χ1v) is 5.21. The number of amides is 1. The molecule has 88 valence electrons. The molecule has 0 radical (unpaired) electrons. The van der Waals surface area contributed by atoms with Gasteiger partial charge in [-0.3, -0.25) is 4.79 Å². The van der Waals surface area contributed by atoms with Crippen LogP contribution in [-0.4, -0.2) is 11.1 Å². The molecule has 0 aliphatic heterocycles. The first kappa shape index (κ1) is 11.2. The van der Waals surface area contributed by atoms with E-state index in [0.717, 1.165) is 11.5 Å². The lowest BCUT2D eigenvalue weighted by atomic mass is 10.1. The maximum atomic E-state index is 11.2. The molecule has 0 saturated carbocycles. The number of primary amides is 1. The van der Waals surface area contributed by atoms with Gasteiger partial charge in [-0.05, 0) is 19.1 Å². The first-order chi connectivity index (χ1) is 8.16. The molecule has 0 aliphatic rings. The third-order valence-electron chi connectivity index (χ3n) is 2.33. The van der Waals surface area contributed by atoms with E-state index in [0.29, 0.717) is 17.8 Å². The Hall–Kier alpha value is -2.30. The summed E-state index contributed by atoms with van der Waals surface area (Å²) in [6, 6.07) is 8.92. The summed E-state index contributed by atoms with van der Waals surface area (Å²) in [5, 5.41) is 6.95. The van der Waals surface area contributed by atoms with Gasteiger partial charge in [0, 0.05) is 11.8 Å². The number of nitrogens with two attached hydrogens (primary N) is 1. The van der Waals surface area contributed by atoms with Crippen LogP contribution in [-0.2, 0) is 6.54 Å². The predicted octanol–water partition coefficient (Wildman–Crippen LogP) is 1.69. The van der Waals surface area contributed by atoms with Crippen molar-refractivity contribution in [3.8, 4) is 0 Å². The number of aryl methyl sites for hydroxylation is 1. The average Bonchev–Trinajstić information content (AvgIpc) is 2.73. The number of anilines is 1. The molecule has 1 amide bonds. The molecule has 0 saturated heterocycles. The minimum atomic E-state index is -0.454. The summed E-state index contributed by atoms with van der Waals surface area (Å²) in [7, 11) is 0. The van der Waals surface area contributed by atoms with E-state index >= 15 is 0 Å². The normalized spacial score (nSPS) is 10.2. The van der Waals surface area contributed by atoms with Gasteiger partial charge in [0.15, 0.2) is 0 Å². The van der Waals surface area contributed by atoms with Crippen LogP contribution in [0.15, 0.2) is 34.9 Å². The molecule has 5 nitrogen and oxygen atoms in total. The Morgan fingerprint density at radius 1 is 1.47 bits per heavy atom. The largest absolute Gasteiger partial charge is 0.379 e. The molecule has 0 atom stereocenters. The molecular weight excluding hydrogens is 218 g/mol. The molecule has 3 N–H and O–H groups in total. The van der Waals surface area contributed by atoms with E-state index in [9.17, 15) is 4.79 Å². The van der Waals surface area contributed by atoms with Gasteiger partial charge in [0.2, 0.25) is 0 Å². The summed E-state index contributed by atoms with van der Waals surface area (Å²) < 4.78 is 4.95. The quantitative estimate of drug-likeness (QED) is 0.839. The van der Waals surface area contributed by atoms with Crippen LogP contribution in [0.4, 0.5) is 5.69 Å². The Morgan fingerprint density at radius 2 is 2.24 bits per heavy atom. The summed E-state index contributed by atoms with van der Waals surface area (Å²) in [6.07, 6.45) is 0. The molecule has 0 unspecified atom stereocenters. The highest BCUT2D eigenvalue weighted by atomic mass is 16.5. The van der Waals surface area contributed by atoms with Crippen molar-refractivity contribution in [2.24, 2.45) is 5.73 Å². The molecule has 2 aromatic rings. The van der Waals surface area contributed by atoms with Crippen LogP contribution < -0.4 is 11.1 Å². The van der Waals surface area contributed by atoms with Crippen molar-refractivity contribution in [2.45, 2.75) is 13.5 Å². The van der Waals surface area contributed by atoms with E-state index < -0.39 is 5.91 Å². The number of hydrogen-bond acceptors (Lipinski definition) is 4. The zero-order valence-corrected chi connectivity index (χ0v) is 9.43. The first-order valence-electron chi connectivity index (χ1n) is 5.21. The lowest BCUT2D eigenvalue weighted by molar-refractivity contribution is 0.100. The van der Waals surface area contributed by atoms with Gasteiger partial charge in [0.05, 0.1) is 12.1 Å². The molecular formula is C12H13N3O2. The lowest BCUT2D eigenvalue weighted by Crippen LogP contribution is -2.14. The summed E-state index contributed by atoms with van der Waals surface area (Å²) in [5.41, 5.74) is 7.21. The number of carbonyl (C=O) groups excluding carboxylic acids is 1. The topological polar surface area (TPSA) is 81.1 Å². The molecule has 17 heavy (non-hydrogen) atoms. The molecule has 0 bridgehead atoms. The third kappa shape index (κ3) is 2.63. The van der Waals surface area contributed by atoms with Gasteiger partial charge < -0.3 is 15.6 Å². The average molecular weight is 231 g/mol. The molecule has 0 fully saturated rings. The fourth-order valence-electron chi connectivity index (χ4n) is 1.54. The number of aromatic nitrogens is 1. The van der Waals surface area contributed by atoms with E-state index in [1.807, 2.05) is 19.1 Å². The van der Waals surface area contributed by atoms with E-state index in [1.165, 1.54) is 0 Å². The second kappa shape index (κ2) is 4.69. The second-order valence-corrected chi connectivity index (χ2v) is 3.69. The van der Waals surface area contributed by atoms with E-state index in [-0.39, 0.29) is 0 Å². The Morgan fingerprint density at radius 3 is 2.88 bits per heavy atom. The number of nitrogens with zero attached hydrogens (tertiary/aromatic N) is 1. The highest BCUT2D eigenvalue weighted by molar-refractivity contribution is 5.98. The van der Waals surface area contributed by atoms with Crippen molar-refractivity contribution in [2.75, 3.05) is 5.32 Å². The molecule has 1 heterocycles. The van der Waals surface area contributed by atoms with Gasteiger partial charge in [-0.1, -0.05) is 17.3 Å². The number of rotatable bonds is 4.